The molecule has 0 spiro atoms. The standard InChI is InChI=1S/C22H24N4O2/c1-26(2)11-12-28-21-14-19(15-7-9-23-10-8-15)22(24-21)17-3-5-18-16(13-17)4-6-20(18)25-27/h3,5,7-10,13,27H,4,6,11-12,14H2,1-2H3. The molecule has 1 aromatic carbocycles. The highest BCUT2D eigenvalue weighted by Gasteiger charge is 2.24. The number of oxime groups is 1. The van der Waals surface area contributed by atoms with Crippen LogP contribution in [-0.4, -0.2) is 53.9 Å². The Morgan fingerprint density at radius 2 is 1.93 bits per heavy atom. The third-order valence-electron chi connectivity index (χ3n) is 5.13. The van der Waals surface area contributed by atoms with E-state index in [0.29, 0.717) is 13.0 Å². The quantitative estimate of drug-likeness (QED) is 0.641. The Bertz CT molecular complexity index is 962. The van der Waals surface area contributed by atoms with E-state index in [9.17, 15) is 5.21 Å². The van der Waals surface area contributed by atoms with E-state index < -0.39 is 0 Å². The Labute approximate surface area is 164 Å². The molecule has 1 aromatic heterocycles. The smallest absolute Gasteiger partial charge is 0.193 e. The van der Waals surface area contributed by atoms with Crippen LogP contribution >= 0.6 is 0 Å². The van der Waals surface area contributed by atoms with Gasteiger partial charge < -0.3 is 14.8 Å². The fraction of sp³-hybridized carbons (Fsp3) is 0.318. The number of hydrogen-bond donors (Lipinski definition) is 1. The minimum absolute atomic E-state index is 0.614. The number of fused-ring (bicyclic) bond motifs is 1. The first kappa shape index (κ1) is 18.4. The van der Waals surface area contributed by atoms with Crippen molar-refractivity contribution < 1.29 is 9.94 Å². The Hall–Kier alpha value is -2.99. The van der Waals surface area contributed by atoms with Gasteiger partial charge >= 0.3 is 0 Å². The van der Waals surface area contributed by atoms with E-state index in [1.807, 2.05) is 32.3 Å². The van der Waals surface area contributed by atoms with Crippen molar-refractivity contribution in [1.82, 2.24) is 9.88 Å². The van der Waals surface area contributed by atoms with Crippen molar-refractivity contribution in [3.63, 3.8) is 0 Å². The van der Waals surface area contributed by atoms with Gasteiger partial charge in [-0.15, -0.1) is 0 Å². The monoisotopic (exact) mass is 376 g/mol. The molecule has 0 fully saturated rings. The van der Waals surface area contributed by atoms with Gasteiger partial charge in [0.15, 0.2) is 5.90 Å². The van der Waals surface area contributed by atoms with E-state index in [2.05, 4.69) is 27.2 Å². The van der Waals surface area contributed by atoms with Crippen molar-refractivity contribution >= 4 is 22.9 Å². The van der Waals surface area contributed by atoms with Crippen LogP contribution in [0.4, 0.5) is 0 Å². The van der Waals surface area contributed by atoms with Crippen LogP contribution in [0.15, 0.2) is 52.9 Å². The van der Waals surface area contributed by atoms with Gasteiger partial charge in [0.05, 0.1) is 17.8 Å². The van der Waals surface area contributed by atoms with Crippen molar-refractivity contribution in [2.24, 2.45) is 10.1 Å². The number of aryl methyl sites for hydroxylation is 1. The molecular formula is C22H24N4O2. The molecule has 2 heterocycles. The first-order valence-electron chi connectivity index (χ1n) is 9.49. The molecule has 0 bridgehead atoms. The fourth-order valence-electron chi connectivity index (χ4n) is 3.65. The second-order valence-electron chi connectivity index (χ2n) is 7.32. The molecule has 0 unspecified atom stereocenters. The third-order valence-corrected chi connectivity index (χ3v) is 5.13. The largest absolute Gasteiger partial charge is 0.479 e. The van der Waals surface area contributed by atoms with Crippen LogP contribution < -0.4 is 0 Å². The summed E-state index contributed by atoms with van der Waals surface area (Å²) in [5, 5.41) is 12.6. The first-order chi connectivity index (χ1) is 13.7. The molecule has 6 nitrogen and oxygen atoms in total. The summed E-state index contributed by atoms with van der Waals surface area (Å²) in [5.74, 6) is 0.752. The van der Waals surface area contributed by atoms with Crippen LogP contribution in [0, 0.1) is 0 Å². The zero-order chi connectivity index (χ0) is 19.5. The summed E-state index contributed by atoms with van der Waals surface area (Å²) in [7, 11) is 4.06. The van der Waals surface area contributed by atoms with Gasteiger partial charge in [-0.2, -0.15) is 0 Å². The van der Waals surface area contributed by atoms with E-state index >= 15 is 0 Å². The lowest BCUT2D eigenvalue weighted by atomic mass is 9.97. The highest BCUT2D eigenvalue weighted by atomic mass is 16.5. The lowest BCUT2D eigenvalue weighted by Crippen LogP contribution is -2.19. The Morgan fingerprint density at radius 3 is 2.68 bits per heavy atom. The number of nitrogens with zero attached hydrogens (tertiary/aromatic N) is 4. The molecule has 4 rings (SSSR count). The molecule has 1 aliphatic heterocycles. The fourth-order valence-corrected chi connectivity index (χ4v) is 3.65. The summed E-state index contributed by atoms with van der Waals surface area (Å²) in [6.45, 7) is 1.46. The molecule has 1 N–H and O–H groups in total. The average Bonchev–Trinajstić information content (AvgIpc) is 3.32. The Morgan fingerprint density at radius 1 is 1.11 bits per heavy atom. The van der Waals surface area contributed by atoms with Crippen molar-refractivity contribution in [3.8, 4) is 0 Å². The summed E-state index contributed by atoms with van der Waals surface area (Å²) in [6, 6.07) is 10.3. The average molecular weight is 376 g/mol. The molecule has 1 aliphatic carbocycles. The number of hydrogen-bond acceptors (Lipinski definition) is 6. The molecule has 0 saturated heterocycles. The number of ether oxygens (including phenoxy) is 1. The van der Waals surface area contributed by atoms with Gasteiger partial charge in [0.2, 0.25) is 0 Å². The molecule has 6 heteroatoms. The van der Waals surface area contributed by atoms with Gasteiger partial charge in [0, 0.05) is 30.1 Å². The second kappa shape index (κ2) is 7.94. The Kier molecular flexibility index (Phi) is 5.21. The Balaban J connectivity index is 1.68. The van der Waals surface area contributed by atoms with Gasteiger partial charge in [-0.1, -0.05) is 17.3 Å². The predicted octanol–water partition coefficient (Wildman–Crippen LogP) is 3.45. The summed E-state index contributed by atoms with van der Waals surface area (Å²) in [6.07, 6.45) is 5.94. The van der Waals surface area contributed by atoms with Crippen LogP contribution in [0.5, 0.6) is 0 Å². The summed E-state index contributed by atoms with van der Waals surface area (Å²) in [4.78, 5) is 11.1. The number of aliphatic imine (C=N–C) groups is 1. The topological polar surface area (TPSA) is 70.3 Å². The lowest BCUT2D eigenvalue weighted by Gasteiger charge is -2.10. The van der Waals surface area contributed by atoms with E-state index in [-0.39, 0.29) is 0 Å². The van der Waals surface area contributed by atoms with Gasteiger partial charge in [-0.25, -0.2) is 4.99 Å². The minimum Gasteiger partial charge on any atom is -0.479 e. The molecule has 2 aliphatic rings. The highest BCUT2D eigenvalue weighted by molar-refractivity contribution is 6.08. The molecule has 0 radical (unpaired) electrons. The molecule has 144 valence electrons. The SMILES string of the molecule is CN(C)CCOC1=NC(c2ccc3c(c2)CCC3=NO)=C(c2ccncc2)C1. The molecule has 0 saturated carbocycles. The van der Waals surface area contributed by atoms with Crippen molar-refractivity contribution in [2.45, 2.75) is 19.3 Å². The van der Waals surface area contributed by atoms with Gasteiger partial charge in [0.25, 0.3) is 0 Å². The maximum Gasteiger partial charge on any atom is 0.193 e. The number of aromatic nitrogens is 1. The number of likely N-dealkylation sites (N-methyl/N-ethyl adjacent to an activating group) is 1. The number of benzene rings is 1. The van der Waals surface area contributed by atoms with Gasteiger partial charge in [0.1, 0.15) is 6.61 Å². The van der Waals surface area contributed by atoms with E-state index in [4.69, 9.17) is 9.73 Å². The maximum atomic E-state index is 9.17. The minimum atomic E-state index is 0.614. The zero-order valence-electron chi connectivity index (χ0n) is 16.2. The predicted molar refractivity (Wildman–Crippen MR) is 111 cm³/mol. The lowest BCUT2D eigenvalue weighted by molar-refractivity contribution is 0.249. The van der Waals surface area contributed by atoms with Crippen molar-refractivity contribution in [3.05, 3.63) is 65.0 Å². The van der Waals surface area contributed by atoms with Crippen molar-refractivity contribution in [2.75, 3.05) is 27.2 Å². The van der Waals surface area contributed by atoms with Crippen LogP contribution in [0.1, 0.15) is 35.1 Å². The summed E-state index contributed by atoms with van der Waals surface area (Å²) in [5.41, 5.74) is 7.26. The molecule has 28 heavy (non-hydrogen) atoms. The normalized spacial score (nSPS) is 17.4. The van der Waals surface area contributed by atoms with E-state index in [1.54, 1.807) is 12.4 Å². The molecule has 2 aromatic rings. The number of rotatable bonds is 5. The third kappa shape index (κ3) is 3.68. The first-order valence-corrected chi connectivity index (χ1v) is 9.49. The summed E-state index contributed by atoms with van der Waals surface area (Å²) >= 11 is 0. The van der Waals surface area contributed by atoms with Crippen LogP contribution in [0.2, 0.25) is 0 Å². The van der Waals surface area contributed by atoms with Gasteiger partial charge in [-0.05, 0) is 61.8 Å². The highest BCUT2D eigenvalue weighted by Crippen LogP contribution is 2.37. The van der Waals surface area contributed by atoms with E-state index in [1.165, 1.54) is 5.56 Å². The maximum absolute atomic E-state index is 9.17. The zero-order valence-corrected chi connectivity index (χ0v) is 16.2. The molecule has 0 atom stereocenters. The van der Waals surface area contributed by atoms with Crippen LogP contribution in [-0.2, 0) is 11.2 Å². The van der Waals surface area contributed by atoms with Crippen LogP contribution in [0.3, 0.4) is 0 Å². The molecular weight excluding hydrogens is 352 g/mol. The van der Waals surface area contributed by atoms with E-state index in [0.717, 1.165) is 59.0 Å². The second-order valence-corrected chi connectivity index (χ2v) is 7.32. The van der Waals surface area contributed by atoms with Gasteiger partial charge in [-0.3, -0.25) is 4.98 Å². The van der Waals surface area contributed by atoms with Crippen molar-refractivity contribution in [1.29, 1.82) is 0 Å². The summed E-state index contributed by atoms with van der Waals surface area (Å²) < 4.78 is 5.94. The van der Waals surface area contributed by atoms with Crippen LogP contribution in [0.25, 0.3) is 11.3 Å². The molecule has 0 amide bonds. The number of pyridine rings is 1.